The van der Waals surface area contributed by atoms with Crippen LogP contribution in [0.4, 0.5) is 0 Å². The van der Waals surface area contributed by atoms with Crippen LogP contribution in [0.15, 0.2) is 46.9 Å². The lowest BCUT2D eigenvalue weighted by atomic mass is 9.99. The standard InChI is InChI=1S/C27H31ClN4O3/c1-18-16-31(10-11-32(18)27(33)20-7-4-3-5-8-20)17-22-14-23(28)13-21(19(22)2)15-25-29-30-26(35-25)24-9-6-12-34-24/h3-5,7-8,13-14,18,24H,6,9-12,15-17H2,1-2H3/t18-,24?/m0/s1. The van der Waals surface area contributed by atoms with Crippen LogP contribution in [-0.2, 0) is 17.7 Å². The van der Waals surface area contributed by atoms with E-state index in [9.17, 15) is 4.79 Å². The molecule has 3 heterocycles. The molecule has 5 rings (SSSR count). The second-order valence-corrected chi connectivity index (χ2v) is 9.95. The van der Waals surface area contributed by atoms with E-state index in [2.05, 4.69) is 28.9 Å². The van der Waals surface area contributed by atoms with Gasteiger partial charge in [-0.1, -0.05) is 29.8 Å². The average Bonchev–Trinajstić information content (AvgIpc) is 3.55. The summed E-state index contributed by atoms with van der Waals surface area (Å²) in [5, 5.41) is 9.14. The van der Waals surface area contributed by atoms with Crippen molar-refractivity contribution < 1.29 is 13.9 Å². The zero-order valence-corrected chi connectivity index (χ0v) is 21.0. The zero-order valence-electron chi connectivity index (χ0n) is 20.2. The van der Waals surface area contributed by atoms with Gasteiger partial charge in [0, 0.05) is 49.4 Å². The molecule has 3 aromatic rings. The van der Waals surface area contributed by atoms with E-state index in [1.165, 1.54) is 11.1 Å². The maximum Gasteiger partial charge on any atom is 0.254 e. The van der Waals surface area contributed by atoms with Gasteiger partial charge < -0.3 is 14.1 Å². The fraction of sp³-hybridized carbons (Fsp3) is 0.444. The summed E-state index contributed by atoms with van der Waals surface area (Å²) in [6.45, 7) is 8.10. The first-order valence-electron chi connectivity index (χ1n) is 12.3. The Morgan fingerprint density at radius 3 is 2.69 bits per heavy atom. The van der Waals surface area contributed by atoms with Crippen molar-refractivity contribution in [3.8, 4) is 0 Å². The van der Waals surface area contributed by atoms with Gasteiger partial charge in [-0.2, -0.15) is 0 Å². The molecule has 0 bridgehead atoms. The number of rotatable bonds is 6. The van der Waals surface area contributed by atoms with Crippen LogP contribution < -0.4 is 0 Å². The van der Waals surface area contributed by atoms with Gasteiger partial charge in [0.15, 0.2) is 0 Å². The molecule has 0 saturated carbocycles. The molecule has 2 atom stereocenters. The SMILES string of the molecule is Cc1c(Cc2nnc(C3CCCO3)o2)cc(Cl)cc1CN1CCN(C(=O)c2ccccc2)[C@@H](C)C1. The van der Waals surface area contributed by atoms with E-state index in [4.69, 9.17) is 20.8 Å². The van der Waals surface area contributed by atoms with Crippen LogP contribution in [0.25, 0.3) is 0 Å². The summed E-state index contributed by atoms with van der Waals surface area (Å²) >= 11 is 6.52. The first-order chi connectivity index (χ1) is 17.0. The number of benzene rings is 2. The van der Waals surface area contributed by atoms with E-state index in [1.54, 1.807) is 0 Å². The second-order valence-electron chi connectivity index (χ2n) is 9.51. The monoisotopic (exact) mass is 494 g/mol. The molecule has 7 nitrogen and oxygen atoms in total. The molecule has 0 N–H and O–H groups in total. The van der Waals surface area contributed by atoms with Crippen molar-refractivity contribution in [2.45, 2.75) is 51.8 Å². The Hall–Kier alpha value is -2.74. The highest BCUT2D eigenvalue weighted by Gasteiger charge is 2.29. The predicted molar refractivity (Wildman–Crippen MR) is 133 cm³/mol. The number of nitrogens with zero attached hydrogens (tertiary/aromatic N) is 4. The van der Waals surface area contributed by atoms with Gasteiger partial charge in [-0.05, 0) is 67.6 Å². The molecule has 1 aromatic heterocycles. The van der Waals surface area contributed by atoms with E-state index in [0.29, 0.717) is 29.8 Å². The summed E-state index contributed by atoms with van der Waals surface area (Å²) in [7, 11) is 0. The smallest absolute Gasteiger partial charge is 0.254 e. The number of aromatic nitrogens is 2. The minimum absolute atomic E-state index is 0.0818. The van der Waals surface area contributed by atoms with Crippen LogP contribution in [0.3, 0.4) is 0 Å². The summed E-state index contributed by atoms with van der Waals surface area (Å²) in [4.78, 5) is 17.3. The Balaban J connectivity index is 1.25. The topological polar surface area (TPSA) is 71.7 Å². The number of piperazine rings is 1. The third kappa shape index (κ3) is 5.42. The normalized spacial score (nSPS) is 20.9. The summed E-state index contributed by atoms with van der Waals surface area (Å²) in [5.41, 5.74) is 4.19. The highest BCUT2D eigenvalue weighted by molar-refractivity contribution is 6.30. The lowest BCUT2D eigenvalue weighted by molar-refractivity contribution is 0.0475. The Bertz CT molecular complexity index is 1180. The van der Waals surface area contributed by atoms with Gasteiger partial charge in [0.25, 0.3) is 5.91 Å². The fourth-order valence-electron chi connectivity index (χ4n) is 5.01. The highest BCUT2D eigenvalue weighted by Crippen LogP contribution is 2.29. The van der Waals surface area contributed by atoms with E-state index < -0.39 is 0 Å². The number of halogens is 1. The molecule has 2 fully saturated rings. The molecule has 2 saturated heterocycles. The van der Waals surface area contributed by atoms with Crippen molar-refractivity contribution in [2.24, 2.45) is 0 Å². The molecular weight excluding hydrogens is 464 g/mol. The Kier molecular flexibility index (Phi) is 7.18. The predicted octanol–water partition coefficient (Wildman–Crippen LogP) is 4.82. The maximum absolute atomic E-state index is 12.9. The molecule has 8 heteroatoms. The van der Waals surface area contributed by atoms with Crippen molar-refractivity contribution in [2.75, 3.05) is 26.2 Å². The van der Waals surface area contributed by atoms with E-state index >= 15 is 0 Å². The molecule has 35 heavy (non-hydrogen) atoms. The van der Waals surface area contributed by atoms with Crippen LogP contribution in [0.5, 0.6) is 0 Å². The summed E-state index contributed by atoms with van der Waals surface area (Å²) in [6.07, 6.45) is 2.40. The summed E-state index contributed by atoms with van der Waals surface area (Å²) in [6, 6.07) is 13.7. The van der Waals surface area contributed by atoms with E-state index in [1.807, 2.05) is 47.4 Å². The molecule has 1 unspecified atom stereocenters. The zero-order chi connectivity index (χ0) is 24.4. The number of carbonyl (C=O) groups excluding carboxylic acids is 1. The molecule has 1 amide bonds. The van der Waals surface area contributed by atoms with Crippen molar-refractivity contribution >= 4 is 17.5 Å². The third-order valence-corrected chi connectivity index (χ3v) is 7.22. The number of ether oxygens (including phenoxy) is 1. The van der Waals surface area contributed by atoms with Crippen molar-refractivity contribution in [3.05, 3.63) is 81.5 Å². The largest absolute Gasteiger partial charge is 0.422 e. The molecule has 184 valence electrons. The minimum Gasteiger partial charge on any atom is -0.422 e. The van der Waals surface area contributed by atoms with Crippen molar-refractivity contribution in [1.82, 2.24) is 20.0 Å². The average molecular weight is 495 g/mol. The minimum atomic E-state index is -0.0818. The van der Waals surface area contributed by atoms with Gasteiger partial charge in [-0.3, -0.25) is 9.69 Å². The number of carbonyl (C=O) groups is 1. The lowest BCUT2D eigenvalue weighted by Gasteiger charge is -2.40. The number of hydrogen-bond donors (Lipinski definition) is 0. The van der Waals surface area contributed by atoms with Crippen LogP contribution in [-0.4, -0.2) is 58.2 Å². The van der Waals surface area contributed by atoms with Gasteiger partial charge in [0.05, 0.1) is 6.42 Å². The highest BCUT2D eigenvalue weighted by atomic mass is 35.5. The van der Waals surface area contributed by atoms with Gasteiger partial charge in [-0.25, -0.2) is 0 Å². The van der Waals surface area contributed by atoms with E-state index in [-0.39, 0.29) is 18.1 Å². The fourth-order valence-corrected chi connectivity index (χ4v) is 5.28. The van der Waals surface area contributed by atoms with Gasteiger partial charge in [-0.15, -0.1) is 10.2 Å². The Morgan fingerprint density at radius 1 is 1.14 bits per heavy atom. The Labute approximate surface area is 211 Å². The first-order valence-corrected chi connectivity index (χ1v) is 12.7. The second kappa shape index (κ2) is 10.5. The summed E-state index contributed by atoms with van der Waals surface area (Å²) < 4.78 is 11.6. The van der Waals surface area contributed by atoms with E-state index in [0.717, 1.165) is 50.2 Å². The first kappa shape index (κ1) is 24.0. The maximum atomic E-state index is 12.9. The van der Waals surface area contributed by atoms with Crippen molar-refractivity contribution in [1.29, 1.82) is 0 Å². The number of amides is 1. The molecule has 0 aliphatic carbocycles. The molecule has 0 radical (unpaired) electrons. The van der Waals surface area contributed by atoms with Crippen LogP contribution in [0.2, 0.25) is 5.02 Å². The quantitative estimate of drug-likeness (QED) is 0.489. The Morgan fingerprint density at radius 2 is 1.94 bits per heavy atom. The molecular formula is C27H31ClN4O3. The van der Waals surface area contributed by atoms with Crippen LogP contribution in [0, 0.1) is 6.92 Å². The lowest BCUT2D eigenvalue weighted by Crippen LogP contribution is -2.53. The van der Waals surface area contributed by atoms with Gasteiger partial charge >= 0.3 is 0 Å². The molecule has 0 spiro atoms. The molecule has 2 aliphatic rings. The van der Waals surface area contributed by atoms with Crippen LogP contribution >= 0.6 is 11.6 Å². The molecule has 2 aliphatic heterocycles. The van der Waals surface area contributed by atoms with Gasteiger partial charge in [0.2, 0.25) is 11.8 Å². The number of hydrogen-bond acceptors (Lipinski definition) is 6. The summed E-state index contributed by atoms with van der Waals surface area (Å²) in [5.74, 6) is 1.24. The van der Waals surface area contributed by atoms with Crippen LogP contribution in [0.1, 0.15) is 64.7 Å². The van der Waals surface area contributed by atoms with Crippen molar-refractivity contribution in [3.63, 3.8) is 0 Å². The third-order valence-electron chi connectivity index (χ3n) is 7.00. The van der Waals surface area contributed by atoms with Gasteiger partial charge in [0.1, 0.15) is 6.10 Å². The molecule has 2 aromatic carbocycles.